The van der Waals surface area contributed by atoms with Crippen LogP contribution < -0.4 is 59.1 Å². The van der Waals surface area contributed by atoms with Gasteiger partial charge in [-0.2, -0.15) is 0 Å². The second kappa shape index (κ2) is 14.2. The quantitative estimate of drug-likeness (QED) is 0.256. The Morgan fingerprint density at radius 3 is 1.36 bits per heavy atom. The summed E-state index contributed by atoms with van der Waals surface area (Å²) in [5.41, 5.74) is 0.632. The molecule has 15 heteroatoms. The summed E-state index contributed by atoms with van der Waals surface area (Å²) < 4.78 is 68.2. The van der Waals surface area contributed by atoms with Crippen LogP contribution in [0.15, 0.2) is 46.2 Å². The molecule has 2 N–H and O–H groups in total. The van der Waals surface area contributed by atoms with Gasteiger partial charge in [0.15, 0.2) is 0 Å². The summed E-state index contributed by atoms with van der Waals surface area (Å²) in [6, 6.07) is 6.87. The van der Waals surface area contributed by atoms with Gasteiger partial charge >= 0.3 is 59.1 Å². The molecule has 36 heavy (non-hydrogen) atoms. The van der Waals surface area contributed by atoms with E-state index in [-0.39, 0.29) is 83.7 Å². The molecule has 0 saturated carbocycles. The molecule has 2 aromatic rings. The normalized spacial score (nSPS) is 16.8. The zero-order valence-corrected chi connectivity index (χ0v) is 26.3. The number of phenolic OH excluding ortho intramolecular Hbond substituents is 2. The molecule has 188 valence electrons. The summed E-state index contributed by atoms with van der Waals surface area (Å²) in [6.45, 7) is 4.09. The number of phenols is 2. The number of nitrogens with zero attached hydrogens (tertiary/aromatic N) is 3. The van der Waals surface area contributed by atoms with Gasteiger partial charge in [-0.3, -0.25) is 9.80 Å². The molecular formula is C21H27N3Na2O8S2. The molecule has 0 spiro atoms. The molecule has 0 amide bonds. The van der Waals surface area contributed by atoms with E-state index in [1.807, 2.05) is 16.8 Å². The molecule has 1 saturated heterocycles. The molecular weight excluding hydrogens is 532 g/mol. The van der Waals surface area contributed by atoms with Crippen LogP contribution in [-0.4, -0.2) is 97.2 Å². The van der Waals surface area contributed by atoms with Gasteiger partial charge < -0.3 is 24.2 Å². The van der Waals surface area contributed by atoms with Crippen molar-refractivity contribution in [2.45, 2.75) is 22.9 Å². The number of rotatable bonds is 6. The van der Waals surface area contributed by atoms with Crippen LogP contribution >= 0.6 is 0 Å². The maximum absolute atomic E-state index is 11.4. The summed E-state index contributed by atoms with van der Waals surface area (Å²) in [4.78, 5) is 5.27. The third-order valence-electron chi connectivity index (χ3n) is 5.80. The standard InChI is InChI=1S/C21H29N3O8S2.2Na/c1-22-6-8-23(14-16-12-18(33(27,28)29)2-4-20(16)25)10-11-24(9-7-22)15-17-13-19(34(30,31)32)3-5-21(17)26;;/h2-5,12-13,25-26H,6-11,14-15H2,1H3,(H,27,28,29)(H,30,31,32);;/q;2*+1/p-2. The van der Waals surface area contributed by atoms with Gasteiger partial charge in [-0.1, -0.05) is 0 Å². The van der Waals surface area contributed by atoms with E-state index in [2.05, 4.69) is 4.90 Å². The minimum absolute atomic E-state index is 0. The van der Waals surface area contributed by atoms with Crippen molar-refractivity contribution in [3.05, 3.63) is 47.5 Å². The van der Waals surface area contributed by atoms with Gasteiger partial charge in [-0.25, -0.2) is 16.8 Å². The van der Waals surface area contributed by atoms with Crippen LogP contribution in [0, 0.1) is 0 Å². The van der Waals surface area contributed by atoms with Crippen molar-refractivity contribution in [2.75, 3.05) is 46.3 Å². The first-order valence-corrected chi connectivity index (χ1v) is 13.3. The molecule has 0 aromatic heterocycles. The molecule has 1 heterocycles. The van der Waals surface area contributed by atoms with Crippen molar-refractivity contribution in [3.63, 3.8) is 0 Å². The van der Waals surface area contributed by atoms with Crippen LogP contribution in [0.3, 0.4) is 0 Å². The Hall–Kier alpha value is -0.260. The van der Waals surface area contributed by atoms with Crippen molar-refractivity contribution in [2.24, 2.45) is 0 Å². The van der Waals surface area contributed by atoms with Gasteiger partial charge in [0.05, 0.1) is 9.79 Å². The molecule has 1 aliphatic heterocycles. The Kier molecular flexibility index (Phi) is 13.3. The monoisotopic (exact) mass is 559 g/mol. The molecule has 0 atom stereocenters. The van der Waals surface area contributed by atoms with Crippen molar-refractivity contribution in [1.82, 2.24) is 14.7 Å². The average Bonchev–Trinajstić information content (AvgIpc) is 2.82. The second-order valence-corrected chi connectivity index (χ2v) is 11.1. The Balaban J connectivity index is 0.00000324. The first-order chi connectivity index (χ1) is 15.8. The Morgan fingerprint density at radius 1 is 0.694 bits per heavy atom. The maximum Gasteiger partial charge on any atom is 1.00 e. The molecule has 0 radical (unpaired) electrons. The zero-order valence-electron chi connectivity index (χ0n) is 20.6. The summed E-state index contributed by atoms with van der Waals surface area (Å²) in [7, 11) is -7.38. The second-order valence-electron chi connectivity index (χ2n) is 8.34. The van der Waals surface area contributed by atoms with Crippen molar-refractivity contribution in [1.29, 1.82) is 0 Å². The summed E-state index contributed by atoms with van der Waals surface area (Å²) in [6.07, 6.45) is 0. The van der Waals surface area contributed by atoms with Gasteiger partial charge in [0.2, 0.25) is 0 Å². The molecule has 3 rings (SSSR count). The van der Waals surface area contributed by atoms with Gasteiger partial charge in [-0.15, -0.1) is 0 Å². The van der Waals surface area contributed by atoms with Gasteiger partial charge in [0.1, 0.15) is 31.7 Å². The number of aromatic hydroxyl groups is 2. The van der Waals surface area contributed by atoms with Gasteiger partial charge in [0, 0.05) is 63.5 Å². The maximum atomic E-state index is 11.4. The van der Waals surface area contributed by atoms with Crippen LogP contribution in [0.25, 0.3) is 0 Å². The molecule has 1 aliphatic rings. The zero-order chi connectivity index (χ0) is 25.1. The summed E-state index contributed by atoms with van der Waals surface area (Å²) in [5.74, 6) is -0.226. The van der Waals surface area contributed by atoms with Gasteiger partial charge in [-0.05, 0) is 43.4 Å². The van der Waals surface area contributed by atoms with Crippen LogP contribution in [0.2, 0.25) is 0 Å². The first-order valence-electron chi connectivity index (χ1n) is 10.5. The Morgan fingerprint density at radius 2 is 1.03 bits per heavy atom. The first kappa shape index (κ1) is 33.8. The third kappa shape index (κ3) is 9.80. The van der Waals surface area contributed by atoms with Crippen molar-refractivity contribution >= 4 is 20.2 Å². The van der Waals surface area contributed by atoms with E-state index < -0.39 is 30.0 Å². The van der Waals surface area contributed by atoms with E-state index in [9.17, 15) is 36.2 Å². The minimum atomic E-state index is -4.66. The van der Waals surface area contributed by atoms with Crippen LogP contribution in [-0.2, 0) is 33.3 Å². The van der Waals surface area contributed by atoms with Crippen molar-refractivity contribution in [3.8, 4) is 11.5 Å². The smallest absolute Gasteiger partial charge is 0.744 e. The van der Waals surface area contributed by atoms with E-state index in [0.29, 0.717) is 50.4 Å². The summed E-state index contributed by atoms with van der Waals surface area (Å²) in [5, 5.41) is 20.4. The molecule has 1 fully saturated rings. The predicted molar refractivity (Wildman–Crippen MR) is 120 cm³/mol. The SMILES string of the molecule is CN1CCN(Cc2cc(S(=O)(=O)[O-])ccc2O)CCN(Cc2cc(S(=O)(=O)[O-])ccc2O)CC1.[Na+].[Na+]. The van der Waals surface area contributed by atoms with Gasteiger partial charge in [0.25, 0.3) is 0 Å². The number of hydrogen-bond donors (Lipinski definition) is 2. The molecule has 2 aromatic carbocycles. The van der Waals surface area contributed by atoms with Crippen molar-refractivity contribution < 1.29 is 95.3 Å². The van der Waals surface area contributed by atoms with E-state index in [0.717, 1.165) is 12.1 Å². The summed E-state index contributed by atoms with van der Waals surface area (Å²) >= 11 is 0. The van der Waals surface area contributed by atoms with E-state index in [1.54, 1.807) is 0 Å². The molecule has 0 bridgehead atoms. The van der Waals surface area contributed by atoms with E-state index in [1.165, 1.54) is 24.3 Å². The minimum Gasteiger partial charge on any atom is -0.744 e. The topological polar surface area (TPSA) is 165 Å². The van der Waals surface area contributed by atoms with Crippen LogP contribution in [0.4, 0.5) is 0 Å². The fourth-order valence-corrected chi connectivity index (χ4v) is 4.77. The largest absolute Gasteiger partial charge is 1.00 e. The van der Waals surface area contributed by atoms with Crippen LogP contribution in [0.1, 0.15) is 11.1 Å². The van der Waals surface area contributed by atoms with E-state index in [4.69, 9.17) is 0 Å². The fraction of sp³-hybridized carbons (Fsp3) is 0.429. The third-order valence-corrected chi connectivity index (χ3v) is 7.46. The van der Waals surface area contributed by atoms with E-state index >= 15 is 0 Å². The Labute approximate surface area is 256 Å². The molecule has 0 aliphatic carbocycles. The number of benzene rings is 2. The molecule has 11 nitrogen and oxygen atoms in total. The number of hydrogen-bond acceptors (Lipinski definition) is 11. The Bertz CT molecular complexity index is 1150. The van der Waals surface area contributed by atoms with Crippen LogP contribution in [0.5, 0.6) is 11.5 Å². The molecule has 0 unspecified atom stereocenters. The average molecular weight is 560 g/mol. The number of likely N-dealkylation sites (N-methyl/N-ethyl adjacent to an activating group) is 1. The predicted octanol–water partition coefficient (Wildman–Crippen LogP) is -5.84. The fourth-order valence-electron chi connectivity index (χ4n) is 3.73.